The molecule has 1 aliphatic rings. The Bertz CT molecular complexity index is 498. The van der Waals surface area contributed by atoms with Gasteiger partial charge < -0.3 is 9.47 Å². The molecular weight excluding hydrogens is 224 g/mol. The predicted molar refractivity (Wildman–Crippen MR) is 74.1 cm³/mol. The average molecular weight is 242 g/mol. The molecule has 1 aliphatic heterocycles. The van der Waals surface area contributed by atoms with E-state index in [9.17, 15) is 0 Å². The highest BCUT2D eigenvalue weighted by atomic mass is 16.7. The van der Waals surface area contributed by atoms with Gasteiger partial charge in [-0.3, -0.25) is 0 Å². The molecule has 1 heterocycles. The van der Waals surface area contributed by atoms with Crippen LogP contribution in [-0.2, 0) is 0 Å². The van der Waals surface area contributed by atoms with Gasteiger partial charge in [0.1, 0.15) is 0 Å². The molecule has 0 amide bonds. The summed E-state index contributed by atoms with van der Waals surface area (Å²) in [4.78, 5) is 0. The number of fused-ring (bicyclic) bond motifs is 1. The van der Waals surface area contributed by atoms with Gasteiger partial charge in [-0.1, -0.05) is 43.9 Å². The van der Waals surface area contributed by atoms with Crippen LogP contribution in [0.2, 0.25) is 0 Å². The zero-order valence-electron chi connectivity index (χ0n) is 10.8. The third-order valence-electron chi connectivity index (χ3n) is 3.07. The van der Waals surface area contributed by atoms with Crippen LogP contribution in [0.25, 0.3) is 0 Å². The van der Waals surface area contributed by atoms with Crippen LogP contribution in [-0.4, -0.2) is 6.79 Å². The zero-order chi connectivity index (χ0) is 13.0. The molecule has 94 valence electrons. The van der Waals surface area contributed by atoms with Crippen molar-refractivity contribution in [2.75, 3.05) is 6.79 Å². The van der Waals surface area contributed by atoms with Crippen LogP contribution in [0.3, 0.4) is 0 Å². The normalized spacial score (nSPS) is 16.0. The summed E-state index contributed by atoms with van der Waals surface area (Å²) in [6.07, 6.45) is 8.00. The minimum absolute atomic E-state index is 0.300. The number of ether oxygens (including phenoxy) is 2. The van der Waals surface area contributed by atoms with E-state index in [1.807, 2.05) is 37.3 Å². The molecule has 2 nitrogen and oxygen atoms in total. The molecule has 0 radical (unpaired) electrons. The second-order valence-corrected chi connectivity index (χ2v) is 4.24. The number of hydrogen-bond donors (Lipinski definition) is 0. The number of hydrogen-bond acceptors (Lipinski definition) is 2. The molecule has 0 aromatic heterocycles. The van der Waals surface area contributed by atoms with Gasteiger partial charge in [-0.25, -0.2) is 0 Å². The van der Waals surface area contributed by atoms with Crippen molar-refractivity contribution in [2.24, 2.45) is 0 Å². The summed E-state index contributed by atoms with van der Waals surface area (Å²) in [5.74, 6) is 1.96. The van der Waals surface area contributed by atoms with Gasteiger partial charge in [0.25, 0.3) is 0 Å². The maximum atomic E-state index is 5.41. The van der Waals surface area contributed by atoms with Crippen LogP contribution in [0.4, 0.5) is 0 Å². The van der Waals surface area contributed by atoms with Gasteiger partial charge in [-0.15, -0.1) is 0 Å². The standard InChI is InChI=1S/C16H18O2/c1-4-6-13(7-5-2)12(3)14-8-9-15-16(10-14)18-11-17-15/h4-10,12H,1,11H2,2-3H3/b7-5-,13-6+. The second kappa shape index (κ2) is 5.58. The van der Waals surface area contributed by atoms with E-state index in [0.29, 0.717) is 12.7 Å². The van der Waals surface area contributed by atoms with Gasteiger partial charge >= 0.3 is 0 Å². The maximum Gasteiger partial charge on any atom is 0.231 e. The molecule has 1 unspecified atom stereocenters. The Morgan fingerprint density at radius 3 is 2.83 bits per heavy atom. The SMILES string of the molecule is C=C/C=C(\C=C/C)C(C)c1ccc2c(c1)OCO2. The van der Waals surface area contributed by atoms with E-state index in [0.717, 1.165) is 11.5 Å². The van der Waals surface area contributed by atoms with Crippen LogP contribution < -0.4 is 9.47 Å². The lowest BCUT2D eigenvalue weighted by Gasteiger charge is -2.13. The van der Waals surface area contributed by atoms with E-state index >= 15 is 0 Å². The average Bonchev–Trinajstić information content (AvgIpc) is 2.84. The Morgan fingerprint density at radius 2 is 2.11 bits per heavy atom. The quantitative estimate of drug-likeness (QED) is 0.736. The summed E-state index contributed by atoms with van der Waals surface area (Å²) in [5.41, 5.74) is 2.44. The second-order valence-electron chi connectivity index (χ2n) is 4.24. The van der Waals surface area contributed by atoms with Crippen molar-refractivity contribution in [1.29, 1.82) is 0 Å². The van der Waals surface area contributed by atoms with Crippen molar-refractivity contribution >= 4 is 0 Å². The lowest BCUT2D eigenvalue weighted by atomic mass is 9.92. The molecule has 0 saturated heterocycles. The molecule has 2 heteroatoms. The van der Waals surface area contributed by atoms with E-state index in [1.165, 1.54) is 11.1 Å². The Kier molecular flexibility index (Phi) is 3.88. The molecule has 0 N–H and O–H groups in total. The van der Waals surface area contributed by atoms with Gasteiger partial charge in [0.05, 0.1) is 0 Å². The summed E-state index contributed by atoms with van der Waals surface area (Å²) in [6.45, 7) is 8.27. The van der Waals surface area contributed by atoms with Crippen LogP contribution >= 0.6 is 0 Å². The van der Waals surface area contributed by atoms with Crippen molar-refractivity contribution in [3.05, 3.63) is 60.2 Å². The van der Waals surface area contributed by atoms with Crippen LogP contribution in [0.1, 0.15) is 25.3 Å². The zero-order valence-corrected chi connectivity index (χ0v) is 10.8. The van der Waals surface area contributed by atoms with Crippen LogP contribution in [0.15, 0.2) is 54.7 Å². The van der Waals surface area contributed by atoms with Crippen molar-refractivity contribution in [3.8, 4) is 11.5 Å². The first kappa shape index (κ1) is 12.5. The van der Waals surface area contributed by atoms with Crippen molar-refractivity contribution in [3.63, 3.8) is 0 Å². The summed E-state index contributed by atoms with van der Waals surface area (Å²) < 4.78 is 10.7. The highest BCUT2D eigenvalue weighted by Gasteiger charge is 2.16. The molecule has 0 spiro atoms. The van der Waals surface area contributed by atoms with Gasteiger partial charge in [0.15, 0.2) is 11.5 Å². The molecule has 0 saturated carbocycles. The maximum absolute atomic E-state index is 5.41. The summed E-state index contributed by atoms with van der Waals surface area (Å²) in [5, 5.41) is 0. The van der Waals surface area contributed by atoms with Gasteiger partial charge in [-0.2, -0.15) is 0 Å². The van der Waals surface area contributed by atoms with Crippen molar-refractivity contribution in [1.82, 2.24) is 0 Å². The fourth-order valence-electron chi connectivity index (χ4n) is 2.05. The minimum Gasteiger partial charge on any atom is -0.454 e. The summed E-state index contributed by atoms with van der Waals surface area (Å²) in [7, 11) is 0. The number of benzene rings is 1. The first-order valence-corrected chi connectivity index (χ1v) is 6.11. The van der Waals surface area contributed by atoms with E-state index in [1.54, 1.807) is 0 Å². The fraction of sp³-hybridized carbons (Fsp3) is 0.250. The number of allylic oxidation sites excluding steroid dienone is 5. The topological polar surface area (TPSA) is 18.5 Å². The van der Waals surface area contributed by atoms with E-state index < -0.39 is 0 Å². The van der Waals surface area contributed by atoms with Gasteiger partial charge in [0, 0.05) is 5.92 Å². The highest BCUT2D eigenvalue weighted by Crippen LogP contribution is 2.36. The highest BCUT2D eigenvalue weighted by molar-refractivity contribution is 5.47. The largest absolute Gasteiger partial charge is 0.454 e. The monoisotopic (exact) mass is 242 g/mol. The lowest BCUT2D eigenvalue weighted by molar-refractivity contribution is 0.174. The molecular formula is C16H18O2. The van der Waals surface area contributed by atoms with Crippen LogP contribution in [0.5, 0.6) is 11.5 Å². The molecule has 1 atom stereocenters. The van der Waals surface area contributed by atoms with Gasteiger partial charge in [0.2, 0.25) is 6.79 Å². The smallest absolute Gasteiger partial charge is 0.231 e. The molecule has 1 aromatic rings. The van der Waals surface area contributed by atoms with E-state index in [-0.39, 0.29) is 0 Å². The Hall–Kier alpha value is -1.96. The number of rotatable bonds is 4. The van der Waals surface area contributed by atoms with Gasteiger partial charge in [-0.05, 0) is 30.2 Å². The van der Waals surface area contributed by atoms with Crippen LogP contribution in [0, 0.1) is 0 Å². The Morgan fingerprint density at radius 1 is 1.33 bits per heavy atom. The minimum atomic E-state index is 0.300. The first-order valence-electron chi connectivity index (χ1n) is 6.11. The molecule has 1 aromatic carbocycles. The van der Waals surface area contributed by atoms with Crippen molar-refractivity contribution < 1.29 is 9.47 Å². The molecule has 0 fully saturated rings. The fourth-order valence-corrected chi connectivity index (χ4v) is 2.05. The summed E-state index contributed by atoms with van der Waals surface area (Å²) >= 11 is 0. The van der Waals surface area contributed by atoms with Crippen molar-refractivity contribution in [2.45, 2.75) is 19.8 Å². The Labute approximate surface area is 108 Å². The first-order chi connectivity index (χ1) is 8.76. The Balaban J connectivity index is 2.30. The molecule has 0 aliphatic carbocycles. The lowest BCUT2D eigenvalue weighted by Crippen LogP contribution is -1.96. The molecule has 18 heavy (non-hydrogen) atoms. The third kappa shape index (κ3) is 2.48. The molecule has 0 bridgehead atoms. The third-order valence-corrected chi connectivity index (χ3v) is 3.07. The predicted octanol–water partition coefficient (Wildman–Crippen LogP) is 4.21. The summed E-state index contributed by atoms with van der Waals surface area (Å²) in [6, 6.07) is 6.10. The van der Waals surface area contributed by atoms with E-state index in [4.69, 9.17) is 9.47 Å². The molecule has 2 rings (SSSR count). The van der Waals surface area contributed by atoms with E-state index in [2.05, 4.69) is 25.6 Å².